The molecule has 0 aliphatic heterocycles. The Bertz CT molecular complexity index is 300. The van der Waals surface area contributed by atoms with E-state index in [0.717, 1.165) is 24.2 Å². The lowest BCUT2D eigenvalue weighted by Crippen LogP contribution is -2.26. The molecular formula is C14H22BrNO. The van der Waals surface area contributed by atoms with Crippen LogP contribution in [0.25, 0.3) is 0 Å². The minimum Gasteiger partial charge on any atom is -0.497 e. The van der Waals surface area contributed by atoms with Crippen LogP contribution >= 0.6 is 15.9 Å². The van der Waals surface area contributed by atoms with Crippen molar-refractivity contribution in [2.45, 2.75) is 26.3 Å². The second-order valence-electron chi connectivity index (χ2n) is 4.17. The number of benzene rings is 1. The van der Waals surface area contributed by atoms with Crippen molar-refractivity contribution in [1.29, 1.82) is 0 Å². The summed E-state index contributed by atoms with van der Waals surface area (Å²) in [6.45, 7) is 5.54. The molecule has 1 aromatic carbocycles. The molecule has 0 bridgehead atoms. The van der Waals surface area contributed by atoms with Gasteiger partial charge in [-0.15, -0.1) is 0 Å². The number of alkyl halides is 1. The Morgan fingerprint density at radius 3 is 2.41 bits per heavy atom. The average Bonchev–Trinajstić information content (AvgIpc) is 2.37. The summed E-state index contributed by atoms with van der Waals surface area (Å²) in [4.78, 5) is 2.49. The third-order valence-corrected chi connectivity index (χ3v) is 3.15. The summed E-state index contributed by atoms with van der Waals surface area (Å²) in [5.41, 5.74) is 1.35. The molecule has 96 valence electrons. The van der Waals surface area contributed by atoms with E-state index in [1.165, 1.54) is 24.9 Å². The van der Waals surface area contributed by atoms with Crippen LogP contribution in [0.2, 0.25) is 0 Å². The molecule has 2 nitrogen and oxygen atoms in total. The van der Waals surface area contributed by atoms with Crippen LogP contribution in [0.5, 0.6) is 5.75 Å². The molecule has 0 fully saturated rings. The van der Waals surface area contributed by atoms with Crippen LogP contribution in [0, 0.1) is 0 Å². The highest BCUT2D eigenvalue weighted by atomic mass is 79.9. The molecule has 0 aromatic heterocycles. The molecular weight excluding hydrogens is 278 g/mol. The predicted octanol–water partition coefficient (Wildman–Crippen LogP) is 3.69. The highest BCUT2D eigenvalue weighted by Gasteiger charge is 2.04. The first-order valence-electron chi connectivity index (χ1n) is 6.21. The van der Waals surface area contributed by atoms with Crippen LogP contribution in [0.3, 0.4) is 0 Å². The molecule has 0 radical (unpaired) electrons. The number of ether oxygens (including phenoxy) is 1. The highest BCUT2D eigenvalue weighted by Crippen LogP contribution is 2.13. The van der Waals surface area contributed by atoms with Crippen LogP contribution < -0.4 is 4.74 Å². The smallest absolute Gasteiger partial charge is 0.118 e. The summed E-state index contributed by atoms with van der Waals surface area (Å²) in [5, 5.41) is 1.03. The van der Waals surface area contributed by atoms with Gasteiger partial charge >= 0.3 is 0 Å². The Morgan fingerprint density at radius 1 is 1.18 bits per heavy atom. The van der Waals surface area contributed by atoms with Crippen molar-refractivity contribution in [2.24, 2.45) is 0 Å². The fourth-order valence-electron chi connectivity index (χ4n) is 1.76. The van der Waals surface area contributed by atoms with Crippen molar-refractivity contribution in [2.75, 3.05) is 25.5 Å². The average molecular weight is 300 g/mol. The van der Waals surface area contributed by atoms with E-state index >= 15 is 0 Å². The Balaban J connectivity index is 2.51. The number of halogens is 1. The van der Waals surface area contributed by atoms with Gasteiger partial charge in [-0.05, 0) is 30.7 Å². The normalized spacial score (nSPS) is 10.8. The molecule has 0 heterocycles. The molecule has 0 N–H and O–H groups in total. The second kappa shape index (κ2) is 8.54. The molecule has 3 heteroatoms. The largest absolute Gasteiger partial charge is 0.497 e. The SMILES string of the molecule is CCCCN(CCBr)Cc1ccc(OC)cc1. The lowest BCUT2D eigenvalue weighted by Gasteiger charge is -2.21. The molecule has 1 aromatic rings. The van der Waals surface area contributed by atoms with Gasteiger partial charge in [0.1, 0.15) is 5.75 Å². The molecule has 0 unspecified atom stereocenters. The van der Waals surface area contributed by atoms with Gasteiger partial charge in [0.05, 0.1) is 7.11 Å². The van der Waals surface area contributed by atoms with Gasteiger partial charge in [-0.25, -0.2) is 0 Å². The number of unbranched alkanes of at least 4 members (excludes halogenated alkanes) is 1. The van der Waals surface area contributed by atoms with Crippen molar-refractivity contribution in [3.63, 3.8) is 0 Å². The van der Waals surface area contributed by atoms with E-state index in [9.17, 15) is 0 Å². The van der Waals surface area contributed by atoms with E-state index in [2.05, 4.69) is 39.9 Å². The first-order valence-corrected chi connectivity index (χ1v) is 7.33. The molecule has 0 saturated carbocycles. The number of rotatable bonds is 8. The summed E-state index contributed by atoms with van der Waals surface area (Å²) in [6.07, 6.45) is 2.52. The maximum Gasteiger partial charge on any atom is 0.118 e. The fraction of sp³-hybridized carbons (Fsp3) is 0.571. The number of hydrogen-bond donors (Lipinski definition) is 0. The van der Waals surface area contributed by atoms with Gasteiger partial charge in [-0.3, -0.25) is 4.90 Å². The maximum absolute atomic E-state index is 5.17. The number of methoxy groups -OCH3 is 1. The summed E-state index contributed by atoms with van der Waals surface area (Å²) < 4.78 is 5.17. The highest BCUT2D eigenvalue weighted by molar-refractivity contribution is 9.09. The third-order valence-electron chi connectivity index (χ3n) is 2.79. The van der Waals surface area contributed by atoms with Crippen LogP contribution in [0.4, 0.5) is 0 Å². The molecule has 17 heavy (non-hydrogen) atoms. The fourth-order valence-corrected chi connectivity index (χ4v) is 2.26. The minimum atomic E-state index is 0.925. The Labute approximate surface area is 113 Å². The van der Waals surface area contributed by atoms with Gasteiger partial charge in [0.25, 0.3) is 0 Å². The second-order valence-corrected chi connectivity index (χ2v) is 4.96. The van der Waals surface area contributed by atoms with E-state index in [-0.39, 0.29) is 0 Å². The molecule has 0 aliphatic carbocycles. The zero-order valence-corrected chi connectivity index (χ0v) is 12.4. The molecule has 0 spiro atoms. The molecule has 1 rings (SSSR count). The Hall–Kier alpha value is -0.540. The Kier molecular flexibility index (Phi) is 7.29. The Morgan fingerprint density at radius 2 is 1.88 bits per heavy atom. The lowest BCUT2D eigenvalue weighted by molar-refractivity contribution is 0.278. The van der Waals surface area contributed by atoms with Gasteiger partial charge < -0.3 is 4.74 Å². The topological polar surface area (TPSA) is 12.5 Å². The van der Waals surface area contributed by atoms with Crippen molar-refractivity contribution < 1.29 is 4.74 Å². The first kappa shape index (κ1) is 14.5. The first-order chi connectivity index (χ1) is 8.30. The molecule has 0 amide bonds. The number of hydrogen-bond acceptors (Lipinski definition) is 2. The summed E-state index contributed by atoms with van der Waals surface area (Å²) in [7, 11) is 1.70. The van der Waals surface area contributed by atoms with E-state index in [4.69, 9.17) is 4.74 Å². The maximum atomic E-state index is 5.17. The van der Waals surface area contributed by atoms with Crippen molar-refractivity contribution in [1.82, 2.24) is 4.90 Å². The van der Waals surface area contributed by atoms with Gasteiger partial charge in [0.15, 0.2) is 0 Å². The van der Waals surface area contributed by atoms with Gasteiger partial charge in [0.2, 0.25) is 0 Å². The molecule has 0 atom stereocenters. The monoisotopic (exact) mass is 299 g/mol. The quantitative estimate of drug-likeness (QED) is 0.679. The molecule has 0 aliphatic rings. The van der Waals surface area contributed by atoms with Crippen molar-refractivity contribution >= 4 is 15.9 Å². The van der Waals surface area contributed by atoms with Crippen LogP contribution in [0.1, 0.15) is 25.3 Å². The zero-order chi connectivity index (χ0) is 12.5. The van der Waals surface area contributed by atoms with Gasteiger partial charge in [-0.1, -0.05) is 41.4 Å². The summed E-state index contributed by atoms with van der Waals surface area (Å²) >= 11 is 3.52. The summed E-state index contributed by atoms with van der Waals surface area (Å²) in [6, 6.07) is 8.35. The van der Waals surface area contributed by atoms with Crippen LogP contribution in [0.15, 0.2) is 24.3 Å². The van der Waals surface area contributed by atoms with Crippen LogP contribution in [-0.2, 0) is 6.54 Å². The zero-order valence-electron chi connectivity index (χ0n) is 10.8. The van der Waals surface area contributed by atoms with E-state index < -0.39 is 0 Å². The van der Waals surface area contributed by atoms with Crippen molar-refractivity contribution in [3.8, 4) is 5.75 Å². The van der Waals surface area contributed by atoms with Crippen molar-refractivity contribution in [3.05, 3.63) is 29.8 Å². The van der Waals surface area contributed by atoms with E-state index in [0.29, 0.717) is 0 Å². The third kappa shape index (κ3) is 5.55. The minimum absolute atomic E-state index is 0.925. The number of nitrogens with zero attached hydrogens (tertiary/aromatic N) is 1. The standard InChI is InChI=1S/C14H22BrNO/c1-3-4-10-16(11-9-15)12-13-5-7-14(17-2)8-6-13/h5-8H,3-4,9-12H2,1-2H3. The van der Waals surface area contributed by atoms with E-state index in [1.807, 2.05) is 12.1 Å². The predicted molar refractivity (Wildman–Crippen MR) is 77.0 cm³/mol. The summed E-state index contributed by atoms with van der Waals surface area (Å²) in [5.74, 6) is 0.925. The van der Waals surface area contributed by atoms with E-state index in [1.54, 1.807) is 7.11 Å². The van der Waals surface area contributed by atoms with Crippen LogP contribution in [-0.4, -0.2) is 30.4 Å². The van der Waals surface area contributed by atoms with Gasteiger partial charge in [0, 0.05) is 18.4 Å². The van der Waals surface area contributed by atoms with Gasteiger partial charge in [-0.2, -0.15) is 0 Å². The lowest BCUT2D eigenvalue weighted by atomic mass is 10.2. The molecule has 0 saturated heterocycles.